The van der Waals surface area contributed by atoms with Gasteiger partial charge < -0.3 is 15.5 Å². The zero-order valence-electron chi connectivity index (χ0n) is 12.7. The molecule has 0 aliphatic carbocycles. The molecule has 1 aromatic rings. The van der Waals surface area contributed by atoms with Crippen LogP contribution in [0.3, 0.4) is 0 Å². The van der Waals surface area contributed by atoms with Crippen LogP contribution in [0.2, 0.25) is 0 Å². The van der Waals surface area contributed by atoms with Crippen molar-refractivity contribution < 1.29 is 9.18 Å². The van der Waals surface area contributed by atoms with Gasteiger partial charge >= 0.3 is 0 Å². The van der Waals surface area contributed by atoms with E-state index in [-0.39, 0.29) is 30.5 Å². The molecule has 21 heavy (non-hydrogen) atoms. The minimum absolute atomic E-state index is 0.0648. The number of aromatic nitrogens is 1. The van der Waals surface area contributed by atoms with Gasteiger partial charge in [0.25, 0.3) is 0 Å². The Hall–Kier alpha value is -2.18. The summed E-state index contributed by atoms with van der Waals surface area (Å²) >= 11 is 0. The van der Waals surface area contributed by atoms with Crippen LogP contribution in [0.25, 0.3) is 0 Å². The van der Waals surface area contributed by atoms with Crippen molar-refractivity contribution in [3.63, 3.8) is 0 Å². The van der Waals surface area contributed by atoms with Crippen molar-refractivity contribution >= 4 is 11.9 Å². The highest BCUT2D eigenvalue weighted by molar-refractivity contribution is 5.86. The lowest BCUT2D eigenvalue weighted by atomic mass is 10.3. The molecule has 0 aromatic carbocycles. The van der Waals surface area contributed by atoms with E-state index in [9.17, 15) is 9.18 Å². The molecule has 1 heterocycles. The van der Waals surface area contributed by atoms with Gasteiger partial charge in [0.2, 0.25) is 5.91 Å². The molecular weight excluding hydrogens is 273 g/mol. The fourth-order valence-electron chi connectivity index (χ4n) is 1.42. The maximum absolute atomic E-state index is 13.5. The molecule has 0 aliphatic heterocycles. The summed E-state index contributed by atoms with van der Waals surface area (Å²) in [5.74, 6) is 0.0163. The molecule has 0 saturated carbocycles. The van der Waals surface area contributed by atoms with Gasteiger partial charge in [-0.3, -0.25) is 9.78 Å². The summed E-state index contributed by atoms with van der Waals surface area (Å²) in [6.07, 6.45) is 2.44. The highest BCUT2D eigenvalue weighted by Crippen LogP contribution is 2.03. The molecule has 0 atom stereocenters. The predicted molar refractivity (Wildman–Crippen MR) is 80.3 cm³/mol. The van der Waals surface area contributed by atoms with Gasteiger partial charge in [-0.2, -0.15) is 0 Å². The first kappa shape index (κ1) is 16.9. The first-order chi connectivity index (χ1) is 10.0. The van der Waals surface area contributed by atoms with E-state index in [1.165, 1.54) is 23.2 Å². The number of hydrogen-bond acceptors (Lipinski definition) is 3. The lowest BCUT2D eigenvalue weighted by Gasteiger charge is -2.14. The molecule has 1 rings (SSSR count). The van der Waals surface area contributed by atoms with Crippen LogP contribution < -0.4 is 10.6 Å². The van der Waals surface area contributed by atoms with Crippen LogP contribution in [0.5, 0.6) is 0 Å². The molecule has 0 aliphatic rings. The number of halogens is 1. The molecule has 1 amide bonds. The van der Waals surface area contributed by atoms with E-state index in [2.05, 4.69) is 20.6 Å². The van der Waals surface area contributed by atoms with E-state index in [0.717, 1.165) is 6.42 Å². The summed E-state index contributed by atoms with van der Waals surface area (Å²) < 4.78 is 13.5. The number of carbonyl (C=O) groups is 1. The fourth-order valence-corrected chi connectivity index (χ4v) is 1.42. The summed E-state index contributed by atoms with van der Waals surface area (Å²) in [7, 11) is 3.37. The number of nitrogens with zero attached hydrogens (tertiary/aromatic N) is 3. The Morgan fingerprint density at radius 1 is 1.43 bits per heavy atom. The van der Waals surface area contributed by atoms with Crippen molar-refractivity contribution in [2.24, 2.45) is 4.99 Å². The number of rotatable bonds is 6. The predicted octanol–water partition coefficient (Wildman–Crippen LogP) is 0.754. The largest absolute Gasteiger partial charge is 0.356 e. The summed E-state index contributed by atoms with van der Waals surface area (Å²) in [6, 6.07) is 2.88. The maximum atomic E-state index is 13.5. The van der Waals surface area contributed by atoms with E-state index in [4.69, 9.17) is 0 Å². The third-order valence-corrected chi connectivity index (χ3v) is 2.67. The van der Waals surface area contributed by atoms with Crippen LogP contribution in [-0.2, 0) is 11.3 Å². The van der Waals surface area contributed by atoms with Gasteiger partial charge in [0.15, 0.2) is 5.96 Å². The SMILES string of the molecule is CCCNC(=NCc1ncccc1F)NCC(=O)N(C)C. The van der Waals surface area contributed by atoms with E-state index >= 15 is 0 Å². The second-order valence-corrected chi connectivity index (χ2v) is 4.67. The van der Waals surface area contributed by atoms with Crippen molar-refractivity contribution in [2.75, 3.05) is 27.2 Å². The topological polar surface area (TPSA) is 69.6 Å². The Labute approximate surface area is 124 Å². The molecule has 7 heteroatoms. The van der Waals surface area contributed by atoms with Crippen LogP contribution >= 0.6 is 0 Å². The van der Waals surface area contributed by atoms with Gasteiger partial charge in [0.05, 0.1) is 18.8 Å². The Bertz CT molecular complexity index is 490. The van der Waals surface area contributed by atoms with Gasteiger partial charge in [0, 0.05) is 26.8 Å². The third-order valence-electron chi connectivity index (χ3n) is 2.67. The normalized spacial score (nSPS) is 11.1. The smallest absolute Gasteiger partial charge is 0.241 e. The van der Waals surface area contributed by atoms with E-state index in [1.54, 1.807) is 14.1 Å². The van der Waals surface area contributed by atoms with E-state index in [1.807, 2.05) is 6.92 Å². The van der Waals surface area contributed by atoms with Crippen molar-refractivity contribution in [3.05, 3.63) is 29.8 Å². The van der Waals surface area contributed by atoms with Gasteiger partial charge in [0.1, 0.15) is 5.82 Å². The lowest BCUT2D eigenvalue weighted by Crippen LogP contribution is -2.43. The fraction of sp³-hybridized carbons (Fsp3) is 0.500. The number of aliphatic imine (C=N–C) groups is 1. The van der Waals surface area contributed by atoms with Gasteiger partial charge in [-0.25, -0.2) is 9.38 Å². The summed E-state index contributed by atoms with van der Waals surface area (Å²) in [6.45, 7) is 2.98. The highest BCUT2D eigenvalue weighted by Gasteiger charge is 2.06. The monoisotopic (exact) mass is 295 g/mol. The molecule has 2 N–H and O–H groups in total. The Morgan fingerprint density at radius 2 is 2.19 bits per heavy atom. The van der Waals surface area contributed by atoms with E-state index < -0.39 is 0 Å². The molecule has 0 unspecified atom stereocenters. The van der Waals surface area contributed by atoms with Crippen LogP contribution in [0.15, 0.2) is 23.3 Å². The minimum atomic E-state index is -0.388. The van der Waals surface area contributed by atoms with Crippen LogP contribution in [0.4, 0.5) is 4.39 Å². The number of amides is 1. The highest BCUT2D eigenvalue weighted by atomic mass is 19.1. The molecule has 0 saturated heterocycles. The number of pyridine rings is 1. The number of likely N-dealkylation sites (N-methyl/N-ethyl adjacent to an activating group) is 1. The number of hydrogen-bond donors (Lipinski definition) is 2. The molecule has 6 nitrogen and oxygen atoms in total. The second kappa shape index (κ2) is 8.89. The molecular formula is C14H22FN5O. The zero-order chi connectivity index (χ0) is 15.7. The second-order valence-electron chi connectivity index (χ2n) is 4.67. The molecule has 0 bridgehead atoms. The van der Waals surface area contributed by atoms with Crippen molar-refractivity contribution in [2.45, 2.75) is 19.9 Å². The first-order valence-electron chi connectivity index (χ1n) is 6.86. The van der Waals surface area contributed by atoms with Gasteiger partial charge in [-0.05, 0) is 18.6 Å². The quantitative estimate of drug-likeness (QED) is 0.600. The molecule has 0 fully saturated rings. The molecule has 116 valence electrons. The summed E-state index contributed by atoms with van der Waals surface area (Å²) in [5, 5.41) is 5.99. The van der Waals surface area contributed by atoms with Gasteiger partial charge in [-0.1, -0.05) is 6.92 Å². The Kier molecular flexibility index (Phi) is 7.14. The Morgan fingerprint density at radius 3 is 2.81 bits per heavy atom. The van der Waals surface area contributed by atoms with Gasteiger partial charge in [-0.15, -0.1) is 0 Å². The number of guanidine groups is 1. The Balaban J connectivity index is 2.65. The van der Waals surface area contributed by atoms with E-state index in [0.29, 0.717) is 12.5 Å². The average molecular weight is 295 g/mol. The standard InChI is InChI=1S/C14H22FN5O/c1-4-7-17-14(19-10-13(21)20(2)3)18-9-12-11(15)6-5-8-16-12/h5-6,8H,4,7,9-10H2,1-3H3,(H2,17,18,19). The number of nitrogens with one attached hydrogen (secondary N) is 2. The van der Waals surface area contributed by atoms with Crippen molar-refractivity contribution in [1.29, 1.82) is 0 Å². The molecule has 0 spiro atoms. The lowest BCUT2D eigenvalue weighted by molar-refractivity contribution is -0.127. The minimum Gasteiger partial charge on any atom is -0.356 e. The summed E-state index contributed by atoms with van der Waals surface area (Å²) in [5.41, 5.74) is 0.272. The van der Waals surface area contributed by atoms with Crippen LogP contribution in [0, 0.1) is 5.82 Å². The third kappa shape index (κ3) is 6.20. The van der Waals surface area contributed by atoms with Crippen molar-refractivity contribution in [3.8, 4) is 0 Å². The maximum Gasteiger partial charge on any atom is 0.241 e. The molecule has 0 radical (unpaired) electrons. The van der Waals surface area contributed by atoms with Crippen LogP contribution in [0.1, 0.15) is 19.0 Å². The van der Waals surface area contributed by atoms with Crippen molar-refractivity contribution in [1.82, 2.24) is 20.5 Å². The zero-order valence-corrected chi connectivity index (χ0v) is 12.7. The summed E-state index contributed by atoms with van der Waals surface area (Å²) in [4.78, 5) is 21.2. The first-order valence-corrected chi connectivity index (χ1v) is 6.86. The number of carbonyl (C=O) groups excluding carboxylic acids is 1. The van der Waals surface area contributed by atoms with Crippen LogP contribution in [-0.4, -0.2) is 48.9 Å². The molecule has 1 aromatic heterocycles. The average Bonchev–Trinajstić information content (AvgIpc) is 2.47.